The van der Waals surface area contributed by atoms with Gasteiger partial charge < -0.3 is 9.47 Å². The second-order valence-corrected chi connectivity index (χ2v) is 5.54. The van der Waals surface area contributed by atoms with Gasteiger partial charge in [-0.1, -0.05) is 30.3 Å². The maximum absolute atomic E-state index is 12.4. The summed E-state index contributed by atoms with van der Waals surface area (Å²) >= 11 is 0. The first-order chi connectivity index (χ1) is 11.7. The third-order valence-corrected chi connectivity index (χ3v) is 4.01. The van der Waals surface area contributed by atoms with Crippen LogP contribution in [0.4, 0.5) is 0 Å². The Morgan fingerprint density at radius 1 is 1.12 bits per heavy atom. The molecule has 0 saturated heterocycles. The van der Waals surface area contributed by atoms with Gasteiger partial charge in [-0.2, -0.15) is 5.10 Å². The molecule has 0 fully saturated rings. The summed E-state index contributed by atoms with van der Waals surface area (Å²) in [4.78, 5) is 12.4. The predicted molar refractivity (Wildman–Crippen MR) is 92.6 cm³/mol. The molecule has 3 rings (SSSR count). The van der Waals surface area contributed by atoms with Crippen LogP contribution in [0.3, 0.4) is 0 Å². The van der Waals surface area contributed by atoms with Gasteiger partial charge in [0.05, 0.1) is 32.9 Å². The number of hydrogen-bond acceptors (Lipinski definition) is 4. The van der Waals surface area contributed by atoms with E-state index in [2.05, 4.69) is 5.10 Å². The molecule has 0 atom stereocenters. The van der Waals surface area contributed by atoms with E-state index >= 15 is 0 Å². The van der Waals surface area contributed by atoms with Crippen molar-refractivity contribution in [1.82, 2.24) is 5.01 Å². The van der Waals surface area contributed by atoms with Crippen molar-refractivity contribution in [2.24, 2.45) is 5.10 Å². The number of carbonyl (C=O) groups excluding carboxylic acids is 1. The van der Waals surface area contributed by atoms with Gasteiger partial charge in [0.1, 0.15) is 11.5 Å². The minimum Gasteiger partial charge on any atom is -0.497 e. The summed E-state index contributed by atoms with van der Waals surface area (Å²) in [6.45, 7) is 0.593. The Kier molecular flexibility index (Phi) is 4.79. The SMILES string of the molecule is COc1ccc(C2=NN(C(=O)Cc3ccccc3)CC2)c(OC)c1. The van der Waals surface area contributed by atoms with Crippen LogP contribution in [0.1, 0.15) is 17.5 Å². The Morgan fingerprint density at radius 3 is 2.62 bits per heavy atom. The molecule has 0 spiro atoms. The second kappa shape index (κ2) is 7.17. The lowest BCUT2D eigenvalue weighted by atomic mass is 10.1. The van der Waals surface area contributed by atoms with Gasteiger partial charge in [-0.25, -0.2) is 5.01 Å². The van der Waals surface area contributed by atoms with E-state index in [4.69, 9.17) is 9.47 Å². The van der Waals surface area contributed by atoms with Crippen molar-refractivity contribution in [3.63, 3.8) is 0 Å². The number of hydrogen-bond donors (Lipinski definition) is 0. The standard InChI is InChI=1S/C19H20N2O3/c1-23-15-8-9-16(18(13-15)24-2)17-10-11-21(20-17)19(22)12-14-6-4-3-5-7-14/h3-9,13H,10-12H2,1-2H3. The van der Waals surface area contributed by atoms with Gasteiger partial charge in [0.15, 0.2) is 0 Å². The Labute approximate surface area is 141 Å². The molecule has 1 aliphatic heterocycles. The average Bonchev–Trinajstić information content (AvgIpc) is 3.12. The summed E-state index contributed by atoms with van der Waals surface area (Å²) in [5, 5.41) is 6.05. The fraction of sp³-hybridized carbons (Fsp3) is 0.263. The fourth-order valence-corrected chi connectivity index (χ4v) is 2.73. The van der Waals surface area contributed by atoms with Crippen LogP contribution < -0.4 is 9.47 Å². The van der Waals surface area contributed by atoms with Crippen LogP contribution in [0.15, 0.2) is 53.6 Å². The minimum absolute atomic E-state index is 0.00341. The van der Waals surface area contributed by atoms with Gasteiger partial charge >= 0.3 is 0 Å². The fourth-order valence-electron chi connectivity index (χ4n) is 2.73. The number of carbonyl (C=O) groups is 1. The Morgan fingerprint density at radius 2 is 1.92 bits per heavy atom. The monoisotopic (exact) mass is 324 g/mol. The van der Waals surface area contributed by atoms with Crippen molar-refractivity contribution in [1.29, 1.82) is 0 Å². The number of amides is 1. The zero-order chi connectivity index (χ0) is 16.9. The lowest BCUT2D eigenvalue weighted by Crippen LogP contribution is -2.25. The molecule has 0 aromatic heterocycles. The molecule has 24 heavy (non-hydrogen) atoms. The largest absolute Gasteiger partial charge is 0.497 e. The van der Waals surface area contributed by atoms with E-state index < -0.39 is 0 Å². The number of benzene rings is 2. The molecular weight excluding hydrogens is 304 g/mol. The maximum atomic E-state index is 12.4. The molecule has 1 heterocycles. The van der Waals surface area contributed by atoms with Crippen molar-refractivity contribution >= 4 is 11.6 Å². The highest BCUT2D eigenvalue weighted by Crippen LogP contribution is 2.28. The second-order valence-electron chi connectivity index (χ2n) is 5.54. The average molecular weight is 324 g/mol. The van der Waals surface area contributed by atoms with Gasteiger partial charge in [-0.05, 0) is 17.7 Å². The first kappa shape index (κ1) is 16.1. The van der Waals surface area contributed by atoms with Gasteiger partial charge in [-0.3, -0.25) is 4.79 Å². The first-order valence-corrected chi connectivity index (χ1v) is 7.85. The highest BCUT2D eigenvalue weighted by Gasteiger charge is 2.23. The molecule has 5 heteroatoms. The van der Waals surface area contributed by atoms with Crippen LogP contribution in [0.2, 0.25) is 0 Å². The quantitative estimate of drug-likeness (QED) is 0.850. The van der Waals surface area contributed by atoms with E-state index in [1.165, 1.54) is 0 Å². The van der Waals surface area contributed by atoms with Crippen LogP contribution in [0.25, 0.3) is 0 Å². The van der Waals surface area contributed by atoms with Gasteiger partial charge in [-0.15, -0.1) is 0 Å². The van der Waals surface area contributed by atoms with Crippen LogP contribution >= 0.6 is 0 Å². The molecule has 5 nitrogen and oxygen atoms in total. The number of rotatable bonds is 5. The summed E-state index contributed by atoms with van der Waals surface area (Å²) in [6.07, 6.45) is 1.07. The molecule has 0 radical (unpaired) electrons. The third kappa shape index (κ3) is 3.40. The lowest BCUT2D eigenvalue weighted by Gasteiger charge is -2.11. The minimum atomic E-state index is 0.00341. The van der Waals surface area contributed by atoms with Gasteiger partial charge in [0, 0.05) is 18.1 Å². The molecular formula is C19H20N2O3. The van der Waals surface area contributed by atoms with E-state index in [0.717, 1.165) is 22.6 Å². The summed E-state index contributed by atoms with van der Waals surface area (Å²) in [6, 6.07) is 15.3. The Bertz CT molecular complexity index is 756. The normalized spacial score (nSPS) is 13.6. The van der Waals surface area contributed by atoms with Gasteiger partial charge in [0.2, 0.25) is 5.91 Å². The molecule has 124 valence electrons. The summed E-state index contributed by atoms with van der Waals surface area (Å²) in [5.74, 6) is 1.43. The van der Waals surface area contributed by atoms with E-state index in [9.17, 15) is 4.79 Å². The van der Waals surface area contributed by atoms with Crippen molar-refractivity contribution in [2.45, 2.75) is 12.8 Å². The van der Waals surface area contributed by atoms with Crippen molar-refractivity contribution < 1.29 is 14.3 Å². The van der Waals surface area contributed by atoms with Crippen LogP contribution in [0.5, 0.6) is 11.5 Å². The molecule has 1 aliphatic rings. The van der Waals surface area contributed by atoms with Crippen LogP contribution in [0, 0.1) is 0 Å². The third-order valence-electron chi connectivity index (χ3n) is 4.01. The highest BCUT2D eigenvalue weighted by atomic mass is 16.5. The molecule has 0 saturated carbocycles. The van der Waals surface area contributed by atoms with Crippen LogP contribution in [-0.4, -0.2) is 37.4 Å². The zero-order valence-electron chi connectivity index (χ0n) is 13.9. The Hall–Kier alpha value is -2.82. The summed E-state index contributed by atoms with van der Waals surface area (Å²) < 4.78 is 10.6. The van der Waals surface area contributed by atoms with E-state index in [1.807, 2.05) is 48.5 Å². The summed E-state index contributed by atoms with van der Waals surface area (Å²) in [5.41, 5.74) is 2.75. The van der Waals surface area contributed by atoms with Crippen LogP contribution in [-0.2, 0) is 11.2 Å². The number of hydrazone groups is 1. The summed E-state index contributed by atoms with van der Waals surface area (Å²) in [7, 11) is 3.23. The first-order valence-electron chi connectivity index (χ1n) is 7.85. The highest BCUT2D eigenvalue weighted by molar-refractivity contribution is 6.05. The molecule has 0 N–H and O–H groups in total. The zero-order valence-corrected chi connectivity index (χ0v) is 13.9. The lowest BCUT2D eigenvalue weighted by molar-refractivity contribution is -0.130. The smallest absolute Gasteiger partial charge is 0.247 e. The Balaban J connectivity index is 1.77. The van der Waals surface area contributed by atoms with Crippen molar-refractivity contribution in [2.75, 3.05) is 20.8 Å². The molecule has 2 aromatic rings. The number of methoxy groups -OCH3 is 2. The van der Waals surface area contributed by atoms with Crippen molar-refractivity contribution in [3.8, 4) is 11.5 Å². The molecule has 0 aliphatic carbocycles. The number of nitrogens with zero attached hydrogens (tertiary/aromatic N) is 2. The predicted octanol–water partition coefficient (Wildman–Crippen LogP) is 2.88. The van der Waals surface area contributed by atoms with E-state index in [1.54, 1.807) is 19.2 Å². The number of ether oxygens (including phenoxy) is 2. The van der Waals surface area contributed by atoms with Gasteiger partial charge in [0.25, 0.3) is 0 Å². The molecule has 2 aromatic carbocycles. The van der Waals surface area contributed by atoms with E-state index in [-0.39, 0.29) is 5.91 Å². The molecule has 0 bridgehead atoms. The molecule has 0 unspecified atom stereocenters. The maximum Gasteiger partial charge on any atom is 0.247 e. The molecule has 1 amide bonds. The van der Waals surface area contributed by atoms with Crippen molar-refractivity contribution in [3.05, 3.63) is 59.7 Å². The van der Waals surface area contributed by atoms with E-state index in [0.29, 0.717) is 25.1 Å². The topological polar surface area (TPSA) is 51.1 Å².